The van der Waals surface area contributed by atoms with Gasteiger partial charge < -0.3 is 4.90 Å². The van der Waals surface area contributed by atoms with Crippen LogP contribution in [0.5, 0.6) is 0 Å². The summed E-state index contributed by atoms with van der Waals surface area (Å²) in [4.78, 5) is 27.7. The standard InChI is InChI=1S/C25H21ClN2O4S/c1-16-10-11-17(2)18(12-16)14-27-22-9-4-3-8-21(22)25(24(27)30)28(23(29)15-33(25,31)32)20-7-5-6-19(26)13-20/h3-13H,14-15H2,1-2H3. The Morgan fingerprint density at radius 3 is 2.48 bits per heavy atom. The highest BCUT2D eigenvalue weighted by molar-refractivity contribution is 7.94. The maximum absolute atomic E-state index is 14.1. The molecule has 0 radical (unpaired) electrons. The topological polar surface area (TPSA) is 74.8 Å². The number of fused-ring (bicyclic) bond motifs is 2. The zero-order valence-electron chi connectivity index (χ0n) is 18.1. The summed E-state index contributed by atoms with van der Waals surface area (Å²) in [5, 5.41) is 0.339. The quantitative estimate of drug-likeness (QED) is 0.565. The van der Waals surface area contributed by atoms with Crippen molar-refractivity contribution in [1.29, 1.82) is 0 Å². The van der Waals surface area contributed by atoms with Crippen molar-refractivity contribution >= 4 is 44.6 Å². The molecule has 1 unspecified atom stereocenters. The van der Waals surface area contributed by atoms with Gasteiger partial charge >= 0.3 is 0 Å². The number of para-hydroxylation sites is 1. The van der Waals surface area contributed by atoms with Crippen LogP contribution in [0.25, 0.3) is 0 Å². The van der Waals surface area contributed by atoms with Gasteiger partial charge in [-0.15, -0.1) is 0 Å². The summed E-state index contributed by atoms with van der Waals surface area (Å²) in [5.41, 5.74) is 3.97. The first-order valence-electron chi connectivity index (χ1n) is 10.5. The average Bonchev–Trinajstić information content (AvgIpc) is 3.13. The molecule has 1 spiro atoms. The molecule has 1 fully saturated rings. The van der Waals surface area contributed by atoms with Crippen molar-refractivity contribution < 1.29 is 18.0 Å². The lowest BCUT2D eigenvalue weighted by atomic mass is 10.0. The van der Waals surface area contributed by atoms with Crippen molar-refractivity contribution in [2.24, 2.45) is 0 Å². The fourth-order valence-corrected chi connectivity index (χ4v) is 7.02. The fraction of sp³-hybridized carbons (Fsp3) is 0.200. The Hall–Kier alpha value is -3.16. The van der Waals surface area contributed by atoms with E-state index in [0.717, 1.165) is 21.6 Å². The van der Waals surface area contributed by atoms with Gasteiger partial charge in [0, 0.05) is 16.3 Å². The number of rotatable bonds is 3. The Balaban J connectivity index is 1.75. The van der Waals surface area contributed by atoms with Gasteiger partial charge in [-0.2, -0.15) is 0 Å². The smallest absolute Gasteiger partial charge is 0.274 e. The molecule has 2 aliphatic rings. The molecule has 2 heterocycles. The Morgan fingerprint density at radius 2 is 1.73 bits per heavy atom. The van der Waals surface area contributed by atoms with Gasteiger partial charge in [0.15, 0.2) is 9.84 Å². The van der Waals surface area contributed by atoms with Crippen LogP contribution in [-0.4, -0.2) is 26.0 Å². The largest absolute Gasteiger partial charge is 0.304 e. The van der Waals surface area contributed by atoms with Crippen LogP contribution in [0.1, 0.15) is 22.3 Å². The molecule has 2 aliphatic heterocycles. The van der Waals surface area contributed by atoms with E-state index < -0.39 is 32.3 Å². The van der Waals surface area contributed by atoms with Crippen LogP contribution in [-0.2, 0) is 30.8 Å². The van der Waals surface area contributed by atoms with Crippen LogP contribution in [0.15, 0.2) is 66.7 Å². The second-order valence-electron chi connectivity index (χ2n) is 8.45. The van der Waals surface area contributed by atoms with Gasteiger partial charge in [0.05, 0.1) is 12.2 Å². The van der Waals surface area contributed by atoms with Crippen molar-refractivity contribution in [3.63, 3.8) is 0 Å². The zero-order valence-corrected chi connectivity index (χ0v) is 19.7. The van der Waals surface area contributed by atoms with E-state index in [1.165, 1.54) is 11.0 Å². The summed E-state index contributed by atoms with van der Waals surface area (Å²) >= 11 is 6.16. The first-order chi connectivity index (χ1) is 15.7. The van der Waals surface area contributed by atoms with E-state index in [4.69, 9.17) is 11.6 Å². The first-order valence-corrected chi connectivity index (χ1v) is 12.5. The number of hydrogen-bond donors (Lipinski definition) is 0. The van der Waals surface area contributed by atoms with Crippen LogP contribution < -0.4 is 9.80 Å². The maximum Gasteiger partial charge on any atom is 0.274 e. The normalized spacial score (nSPS) is 21.2. The summed E-state index contributed by atoms with van der Waals surface area (Å²) in [5.74, 6) is -2.07. The molecular formula is C25H21ClN2O4S. The molecule has 0 aliphatic carbocycles. The van der Waals surface area contributed by atoms with Gasteiger partial charge in [-0.1, -0.05) is 59.6 Å². The van der Waals surface area contributed by atoms with Crippen LogP contribution >= 0.6 is 11.6 Å². The number of hydrogen-bond acceptors (Lipinski definition) is 4. The van der Waals surface area contributed by atoms with Crippen molar-refractivity contribution in [3.05, 3.63) is 94.0 Å². The molecule has 3 aromatic carbocycles. The van der Waals surface area contributed by atoms with Gasteiger partial charge in [0.25, 0.3) is 10.8 Å². The third-order valence-electron chi connectivity index (χ3n) is 6.32. The van der Waals surface area contributed by atoms with Gasteiger partial charge in [0.2, 0.25) is 5.91 Å². The minimum atomic E-state index is -4.21. The third-order valence-corrected chi connectivity index (χ3v) is 8.66. The lowest BCUT2D eigenvalue weighted by molar-refractivity contribution is -0.123. The van der Waals surface area contributed by atoms with Crippen molar-refractivity contribution in [1.82, 2.24) is 0 Å². The number of nitrogens with zero attached hydrogens (tertiary/aromatic N) is 2. The molecule has 168 valence electrons. The summed E-state index contributed by atoms with van der Waals surface area (Å²) in [7, 11) is -4.21. The number of carbonyl (C=O) groups is 2. The van der Waals surface area contributed by atoms with Crippen molar-refractivity contribution in [2.45, 2.75) is 25.3 Å². The van der Waals surface area contributed by atoms with Crippen LogP contribution in [0.3, 0.4) is 0 Å². The van der Waals surface area contributed by atoms with Crippen LogP contribution in [0, 0.1) is 13.8 Å². The summed E-state index contributed by atoms with van der Waals surface area (Å²) in [6, 6.07) is 19.1. The Bertz CT molecular complexity index is 1440. The molecule has 1 atom stereocenters. The van der Waals surface area contributed by atoms with E-state index in [1.807, 2.05) is 32.0 Å². The molecule has 0 saturated carbocycles. The number of halogens is 1. The highest BCUT2D eigenvalue weighted by Gasteiger charge is 2.69. The number of sulfone groups is 1. The lowest BCUT2D eigenvalue weighted by Gasteiger charge is -2.32. The van der Waals surface area contributed by atoms with Crippen molar-refractivity contribution in [2.75, 3.05) is 15.6 Å². The number of aryl methyl sites for hydroxylation is 2. The fourth-order valence-electron chi connectivity index (χ4n) is 4.80. The maximum atomic E-state index is 14.1. The molecule has 6 nitrogen and oxygen atoms in total. The van der Waals surface area contributed by atoms with Gasteiger partial charge in [0.1, 0.15) is 5.75 Å². The van der Waals surface area contributed by atoms with Gasteiger partial charge in [-0.25, -0.2) is 8.42 Å². The first kappa shape index (κ1) is 21.7. The highest BCUT2D eigenvalue weighted by Crippen LogP contribution is 2.53. The Labute approximate surface area is 197 Å². The predicted molar refractivity (Wildman–Crippen MR) is 128 cm³/mol. The number of carbonyl (C=O) groups excluding carboxylic acids is 2. The van der Waals surface area contributed by atoms with Crippen molar-refractivity contribution in [3.8, 4) is 0 Å². The van der Waals surface area contributed by atoms with E-state index in [1.54, 1.807) is 42.5 Å². The SMILES string of the molecule is Cc1ccc(C)c(CN2C(=O)C3(c4ccccc42)N(c2cccc(Cl)c2)C(=O)CS3(=O)=O)c1. The molecule has 0 aromatic heterocycles. The van der Waals surface area contributed by atoms with Crippen LogP contribution in [0.4, 0.5) is 11.4 Å². The molecule has 3 aromatic rings. The number of anilines is 2. The zero-order chi connectivity index (χ0) is 23.5. The molecule has 0 bridgehead atoms. The molecule has 1 saturated heterocycles. The minimum Gasteiger partial charge on any atom is -0.304 e. The van der Waals surface area contributed by atoms with E-state index in [-0.39, 0.29) is 17.8 Å². The van der Waals surface area contributed by atoms with Gasteiger partial charge in [-0.3, -0.25) is 14.5 Å². The third kappa shape index (κ3) is 3.03. The monoisotopic (exact) mass is 480 g/mol. The Kier molecular flexibility index (Phi) is 4.88. The van der Waals surface area contributed by atoms with Crippen LogP contribution in [0.2, 0.25) is 5.02 Å². The summed E-state index contributed by atoms with van der Waals surface area (Å²) < 4.78 is 27.2. The lowest BCUT2D eigenvalue weighted by Crippen LogP contribution is -2.54. The van der Waals surface area contributed by atoms with E-state index in [9.17, 15) is 18.0 Å². The van der Waals surface area contributed by atoms with E-state index >= 15 is 0 Å². The summed E-state index contributed by atoms with van der Waals surface area (Å²) in [6.07, 6.45) is 0. The van der Waals surface area contributed by atoms with E-state index in [0.29, 0.717) is 10.7 Å². The molecular weight excluding hydrogens is 460 g/mol. The molecule has 2 amide bonds. The molecule has 0 N–H and O–H groups in total. The summed E-state index contributed by atoms with van der Waals surface area (Å²) in [6.45, 7) is 4.11. The molecule has 8 heteroatoms. The minimum absolute atomic E-state index is 0.193. The second-order valence-corrected chi connectivity index (χ2v) is 11.0. The molecule has 5 rings (SSSR count). The predicted octanol–water partition coefficient (Wildman–Crippen LogP) is 4.12. The number of benzene rings is 3. The highest BCUT2D eigenvalue weighted by atomic mass is 35.5. The Morgan fingerprint density at radius 1 is 0.970 bits per heavy atom. The van der Waals surface area contributed by atoms with E-state index in [2.05, 4.69) is 0 Å². The second kappa shape index (κ2) is 7.43. The molecule has 33 heavy (non-hydrogen) atoms. The average molecular weight is 481 g/mol. The number of amides is 2. The van der Waals surface area contributed by atoms with Gasteiger partial charge in [-0.05, 0) is 49.2 Å².